The Morgan fingerprint density at radius 3 is 2.77 bits per heavy atom. The van der Waals surface area contributed by atoms with Gasteiger partial charge in [0.15, 0.2) is 6.20 Å². The molecule has 0 aliphatic heterocycles. The molecule has 0 fully saturated rings. The van der Waals surface area contributed by atoms with Gasteiger partial charge in [-0.25, -0.2) is 4.73 Å². The van der Waals surface area contributed by atoms with Gasteiger partial charge in [-0.05, 0) is 0 Å². The molecule has 0 N–H and O–H groups in total. The van der Waals surface area contributed by atoms with Gasteiger partial charge in [-0.2, -0.15) is 0 Å². The minimum absolute atomic E-state index is 0.137. The van der Waals surface area contributed by atoms with Gasteiger partial charge in [0, 0.05) is 17.7 Å². The van der Waals surface area contributed by atoms with E-state index in [-0.39, 0.29) is 16.2 Å². The average molecular weight is 181 g/mol. The van der Waals surface area contributed by atoms with Gasteiger partial charge in [0.1, 0.15) is 0 Å². The average Bonchev–Trinajstić information content (AvgIpc) is 2.08. The molecule has 0 spiro atoms. The Hall–Kier alpha value is -2.34. The molecule has 0 saturated carbocycles. The highest BCUT2D eigenvalue weighted by Gasteiger charge is 2.15. The number of azide groups is 1. The maximum absolute atomic E-state index is 10.9. The van der Waals surface area contributed by atoms with Crippen molar-refractivity contribution in [2.45, 2.75) is 0 Å². The first-order chi connectivity index (χ1) is 6.15. The Labute approximate surface area is 71.4 Å². The normalized spacial score (nSPS) is 8.92. The molecule has 13 heavy (non-hydrogen) atoms. The molecule has 0 atom stereocenters. The Balaban J connectivity index is 3.19. The van der Waals surface area contributed by atoms with E-state index in [9.17, 15) is 15.3 Å². The zero-order chi connectivity index (χ0) is 9.84. The van der Waals surface area contributed by atoms with E-state index in [1.54, 1.807) is 0 Å². The molecule has 1 heterocycles. The molecule has 8 heteroatoms. The van der Waals surface area contributed by atoms with E-state index >= 15 is 0 Å². The number of nitro groups is 1. The first kappa shape index (κ1) is 8.75. The summed E-state index contributed by atoms with van der Waals surface area (Å²) in [6.07, 6.45) is 0.726. The third-order valence-electron chi connectivity index (χ3n) is 1.24. The molecular weight excluding hydrogens is 178 g/mol. The summed E-state index contributed by atoms with van der Waals surface area (Å²) in [5, 5.41) is 24.1. The number of nitrogens with zero attached hydrogens (tertiary/aromatic N) is 5. The lowest BCUT2D eigenvalue weighted by atomic mass is 10.4. The van der Waals surface area contributed by atoms with Gasteiger partial charge in [0.25, 0.3) is 0 Å². The minimum atomic E-state index is -0.714. The molecule has 0 saturated heterocycles. The van der Waals surface area contributed by atoms with Crippen molar-refractivity contribution in [3.05, 3.63) is 44.1 Å². The molecule has 1 aromatic heterocycles. The van der Waals surface area contributed by atoms with E-state index in [4.69, 9.17) is 5.53 Å². The van der Waals surface area contributed by atoms with Crippen molar-refractivity contribution in [2.24, 2.45) is 5.11 Å². The lowest BCUT2D eigenvalue weighted by Gasteiger charge is -1.98. The molecular formula is C5H3N5O3. The summed E-state index contributed by atoms with van der Waals surface area (Å²) in [7, 11) is 0. The number of hydrogen-bond donors (Lipinski definition) is 0. The Kier molecular flexibility index (Phi) is 2.27. The third kappa shape index (κ3) is 1.82. The lowest BCUT2D eigenvalue weighted by Crippen LogP contribution is -2.25. The van der Waals surface area contributed by atoms with Gasteiger partial charge in [-0.1, -0.05) is 0 Å². The van der Waals surface area contributed by atoms with Crippen LogP contribution in [-0.2, 0) is 0 Å². The third-order valence-corrected chi connectivity index (χ3v) is 1.24. The van der Waals surface area contributed by atoms with Crippen LogP contribution in [0.1, 0.15) is 0 Å². The molecule has 0 aliphatic rings. The Morgan fingerprint density at radius 2 is 2.31 bits per heavy atom. The highest BCUT2D eigenvalue weighted by molar-refractivity contribution is 5.30. The van der Waals surface area contributed by atoms with E-state index in [0.717, 1.165) is 18.3 Å². The molecule has 1 aromatic rings. The number of rotatable bonds is 2. The van der Waals surface area contributed by atoms with Gasteiger partial charge in [0.2, 0.25) is 4.91 Å². The molecule has 0 bridgehead atoms. The summed E-state index contributed by atoms with van der Waals surface area (Å²) in [6, 6.07) is 2.16. The number of aromatic nitrogens is 1. The largest absolute Gasteiger partial charge is 0.710 e. The molecule has 0 unspecified atom stereocenters. The van der Waals surface area contributed by atoms with E-state index in [2.05, 4.69) is 10.0 Å². The van der Waals surface area contributed by atoms with Gasteiger partial charge in [0.05, 0.1) is 4.92 Å². The topological polar surface area (TPSA) is 119 Å². The van der Waals surface area contributed by atoms with Crippen LogP contribution in [0.5, 0.6) is 0 Å². The first-order valence-electron chi connectivity index (χ1n) is 3.08. The van der Waals surface area contributed by atoms with Gasteiger partial charge in [-0.3, -0.25) is 10.1 Å². The van der Waals surface area contributed by atoms with Gasteiger partial charge >= 0.3 is 16.6 Å². The maximum atomic E-state index is 10.9. The van der Waals surface area contributed by atoms with Crippen molar-refractivity contribution in [2.75, 3.05) is 0 Å². The molecule has 8 nitrogen and oxygen atoms in total. The van der Waals surface area contributed by atoms with Gasteiger partial charge < -0.3 is 5.21 Å². The smallest absolute Gasteiger partial charge is 0.420 e. The first-order valence-corrected chi connectivity index (χ1v) is 3.08. The zero-order valence-corrected chi connectivity index (χ0v) is 6.19. The van der Waals surface area contributed by atoms with Crippen LogP contribution in [0.4, 0.5) is 11.5 Å². The molecule has 0 aliphatic carbocycles. The standard InChI is InChI=1S/C5H3N5O3/c6-8-7-5-2-1-4(10(12)13)3-9(5)11/h1-3H. The predicted octanol–water partition coefficient (Wildman–Crippen LogP) is 1.17. The van der Waals surface area contributed by atoms with Crippen molar-refractivity contribution < 1.29 is 9.65 Å². The SMILES string of the molecule is [N-]=[N+]=Nc1ccc([N+](=O)[O-])c[n+]1[O-]. The van der Waals surface area contributed by atoms with Crippen LogP contribution in [0.25, 0.3) is 10.4 Å². The molecule has 66 valence electrons. The van der Waals surface area contributed by atoms with Crippen LogP contribution in [-0.4, -0.2) is 4.92 Å². The summed E-state index contributed by atoms with van der Waals surface area (Å²) >= 11 is 0. The molecule has 0 aromatic carbocycles. The summed E-state index contributed by atoms with van der Waals surface area (Å²) in [4.78, 5) is 11.8. The van der Waals surface area contributed by atoms with Crippen molar-refractivity contribution >= 4 is 11.5 Å². The fraction of sp³-hybridized carbons (Fsp3) is 0. The van der Waals surface area contributed by atoms with Crippen LogP contribution >= 0.6 is 0 Å². The summed E-state index contributed by atoms with van der Waals surface area (Å²) < 4.78 is 0.137. The molecule has 1 rings (SSSR count). The van der Waals surface area contributed by atoms with Gasteiger partial charge in [-0.15, -0.1) is 0 Å². The molecule has 0 radical (unpaired) electrons. The van der Waals surface area contributed by atoms with E-state index in [0.29, 0.717) is 0 Å². The second-order valence-electron chi connectivity index (χ2n) is 2.02. The number of hydrogen-bond acceptors (Lipinski definition) is 4. The predicted molar refractivity (Wildman–Crippen MR) is 40.9 cm³/mol. The van der Waals surface area contributed by atoms with Crippen LogP contribution in [0.2, 0.25) is 0 Å². The van der Waals surface area contributed by atoms with E-state index in [1.807, 2.05) is 0 Å². The van der Waals surface area contributed by atoms with E-state index < -0.39 is 4.92 Å². The van der Waals surface area contributed by atoms with Crippen LogP contribution in [0.3, 0.4) is 0 Å². The minimum Gasteiger partial charge on any atom is -0.710 e. The Bertz CT molecular complexity index is 397. The van der Waals surface area contributed by atoms with Crippen molar-refractivity contribution in [1.82, 2.24) is 0 Å². The number of pyridine rings is 1. The molecule has 0 amide bonds. The second-order valence-corrected chi connectivity index (χ2v) is 2.02. The van der Waals surface area contributed by atoms with Crippen molar-refractivity contribution in [1.29, 1.82) is 0 Å². The van der Waals surface area contributed by atoms with Crippen LogP contribution in [0.15, 0.2) is 23.4 Å². The second kappa shape index (κ2) is 3.37. The van der Waals surface area contributed by atoms with Crippen LogP contribution in [0, 0.1) is 15.3 Å². The summed E-state index contributed by atoms with van der Waals surface area (Å²) in [5.41, 5.74) is 7.64. The highest BCUT2D eigenvalue weighted by Crippen LogP contribution is 2.11. The lowest BCUT2D eigenvalue weighted by molar-refractivity contribution is -0.596. The Morgan fingerprint density at radius 1 is 1.62 bits per heavy atom. The highest BCUT2D eigenvalue weighted by atomic mass is 16.6. The maximum Gasteiger partial charge on any atom is 0.420 e. The summed E-state index contributed by atoms with van der Waals surface area (Å²) in [5.74, 6) is -0.229. The van der Waals surface area contributed by atoms with E-state index in [1.165, 1.54) is 0 Å². The van der Waals surface area contributed by atoms with Crippen molar-refractivity contribution in [3.8, 4) is 0 Å². The van der Waals surface area contributed by atoms with Crippen molar-refractivity contribution in [3.63, 3.8) is 0 Å². The fourth-order valence-electron chi connectivity index (χ4n) is 0.694. The van der Waals surface area contributed by atoms with Crippen LogP contribution < -0.4 is 4.73 Å². The summed E-state index contributed by atoms with van der Waals surface area (Å²) in [6.45, 7) is 0. The zero-order valence-electron chi connectivity index (χ0n) is 6.19. The fourth-order valence-corrected chi connectivity index (χ4v) is 0.694. The monoisotopic (exact) mass is 181 g/mol. The quantitative estimate of drug-likeness (QED) is 0.129.